The van der Waals surface area contributed by atoms with Crippen LogP contribution in [0.2, 0.25) is 0 Å². The van der Waals surface area contributed by atoms with Gasteiger partial charge in [-0.2, -0.15) is 0 Å². The van der Waals surface area contributed by atoms with Crippen LogP contribution in [0.15, 0.2) is 6.07 Å². The zero-order chi connectivity index (χ0) is 13.1. The van der Waals surface area contributed by atoms with Crippen LogP contribution < -0.4 is 11.1 Å². The molecule has 1 amide bonds. The third-order valence-corrected chi connectivity index (χ3v) is 2.99. The van der Waals surface area contributed by atoms with Gasteiger partial charge in [-0.1, -0.05) is 6.92 Å². The Bertz CT molecular complexity index is 393. The molecule has 0 aliphatic carbocycles. The van der Waals surface area contributed by atoms with E-state index >= 15 is 0 Å². The van der Waals surface area contributed by atoms with Crippen LogP contribution in [0.3, 0.4) is 0 Å². The third-order valence-electron chi connectivity index (χ3n) is 2.99. The molecule has 0 spiro atoms. The van der Waals surface area contributed by atoms with E-state index in [1.807, 2.05) is 33.8 Å². The van der Waals surface area contributed by atoms with Gasteiger partial charge in [-0.05, 0) is 33.3 Å². The van der Waals surface area contributed by atoms with Gasteiger partial charge in [-0.3, -0.25) is 10.1 Å². The highest BCUT2D eigenvalue weighted by Crippen LogP contribution is 2.21. The molecule has 0 aliphatic rings. The van der Waals surface area contributed by atoms with Gasteiger partial charge in [0.15, 0.2) is 0 Å². The molecule has 94 valence electrons. The first-order valence-electron chi connectivity index (χ1n) is 5.75. The molecule has 1 unspecified atom stereocenters. The highest BCUT2D eigenvalue weighted by atomic mass is 16.2. The van der Waals surface area contributed by atoms with Gasteiger partial charge >= 0.3 is 0 Å². The fourth-order valence-corrected chi connectivity index (χ4v) is 1.43. The molecule has 5 nitrogen and oxygen atoms in total. The first-order valence-corrected chi connectivity index (χ1v) is 5.75. The quantitative estimate of drug-likeness (QED) is 0.828. The van der Waals surface area contributed by atoms with Gasteiger partial charge in [-0.15, -0.1) is 0 Å². The second-order valence-electron chi connectivity index (χ2n) is 4.55. The molecule has 1 aromatic rings. The van der Waals surface area contributed by atoms with Crippen molar-refractivity contribution in [2.45, 2.75) is 34.1 Å². The monoisotopic (exact) mass is 236 g/mol. The molecular weight excluding hydrogens is 216 g/mol. The number of anilines is 1. The lowest BCUT2D eigenvalue weighted by atomic mass is 9.87. The van der Waals surface area contributed by atoms with E-state index in [2.05, 4.69) is 15.3 Å². The van der Waals surface area contributed by atoms with Crippen molar-refractivity contribution in [2.75, 3.05) is 11.9 Å². The van der Waals surface area contributed by atoms with Crippen molar-refractivity contribution in [1.29, 1.82) is 0 Å². The Morgan fingerprint density at radius 2 is 1.94 bits per heavy atom. The fourth-order valence-electron chi connectivity index (χ4n) is 1.43. The number of rotatable bonds is 4. The van der Waals surface area contributed by atoms with Gasteiger partial charge in [0.2, 0.25) is 11.9 Å². The van der Waals surface area contributed by atoms with E-state index in [4.69, 9.17) is 5.73 Å². The van der Waals surface area contributed by atoms with Crippen LogP contribution in [-0.2, 0) is 4.79 Å². The lowest BCUT2D eigenvalue weighted by Gasteiger charge is -2.24. The van der Waals surface area contributed by atoms with Gasteiger partial charge in [-0.25, -0.2) is 9.97 Å². The Labute approximate surface area is 102 Å². The maximum absolute atomic E-state index is 12.0. The van der Waals surface area contributed by atoms with Crippen molar-refractivity contribution < 1.29 is 4.79 Å². The summed E-state index contributed by atoms with van der Waals surface area (Å²) in [5.41, 5.74) is 6.73. The average molecular weight is 236 g/mol. The van der Waals surface area contributed by atoms with Crippen LogP contribution in [-0.4, -0.2) is 22.4 Å². The number of carbonyl (C=O) groups excluding carboxylic acids is 1. The van der Waals surface area contributed by atoms with Crippen molar-refractivity contribution in [1.82, 2.24) is 9.97 Å². The number of nitrogens with one attached hydrogen (secondary N) is 1. The number of amides is 1. The summed E-state index contributed by atoms with van der Waals surface area (Å²) in [6.07, 6.45) is 0.681. The number of nitrogens with zero attached hydrogens (tertiary/aromatic N) is 2. The van der Waals surface area contributed by atoms with Gasteiger partial charge < -0.3 is 5.73 Å². The summed E-state index contributed by atoms with van der Waals surface area (Å²) in [6.45, 7) is 7.82. The van der Waals surface area contributed by atoms with E-state index in [1.54, 1.807) is 0 Å². The van der Waals surface area contributed by atoms with Crippen molar-refractivity contribution >= 4 is 11.9 Å². The molecule has 0 aromatic carbocycles. The summed E-state index contributed by atoms with van der Waals surface area (Å²) in [5, 5.41) is 2.72. The fraction of sp³-hybridized carbons (Fsp3) is 0.583. The molecule has 1 rings (SSSR count). The van der Waals surface area contributed by atoms with E-state index < -0.39 is 5.41 Å². The van der Waals surface area contributed by atoms with Gasteiger partial charge in [0.1, 0.15) is 0 Å². The number of nitrogens with two attached hydrogens (primary N) is 1. The molecule has 1 aromatic heterocycles. The maximum atomic E-state index is 12.0. The standard InChI is InChI=1S/C12H20N4O/c1-5-12(4,7-13)10(17)16-11-14-8(2)6-9(3)15-11/h6H,5,7,13H2,1-4H3,(H,14,15,16,17). The summed E-state index contributed by atoms with van der Waals surface area (Å²) in [4.78, 5) is 20.4. The predicted octanol–water partition coefficient (Wildman–Crippen LogP) is 1.41. The van der Waals surface area contributed by atoms with Crippen molar-refractivity contribution in [3.8, 4) is 0 Å². The van der Waals surface area contributed by atoms with Gasteiger partial charge in [0.25, 0.3) is 0 Å². The zero-order valence-electron chi connectivity index (χ0n) is 10.9. The molecule has 3 N–H and O–H groups in total. The highest BCUT2D eigenvalue weighted by Gasteiger charge is 2.30. The van der Waals surface area contributed by atoms with Crippen LogP contribution >= 0.6 is 0 Å². The van der Waals surface area contributed by atoms with Crippen LogP contribution in [0.4, 0.5) is 5.95 Å². The second-order valence-corrected chi connectivity index (χ2v) is 4.55. The van der Waals surface area contributed by atoms with E-state index in [0.717, 1.165) is 11.4 Å². The normalized spacial score (nSPS) is 14.2. The molecule has 1 heterocycles. The summed E-state index contributed by atoms with van der Waals surface area (Å²) < 4.78 is 0. The summed E-state index contributed by atoms with van der Waals surface area (Å²) in [5.74, 6) is 0.216. The molecule has 0 radical (unpaired) electrons. The first-order chi connectivity index (χ1) is 7.91. The summed E-state index contributed by atoms with van der Waals surface area (Å²) in [6, 6.07) is 1.86. The molecule has 0 saturated heterocycles. The summed E-state index contributed by atoms with van der Waals surface area (Å²) in [7, 11) is 0. The van der Waals surface area contributed by atoms with E-state index in [9.17, 15) is 4.79 Å². The topological polar surface area (TPSA) is 80.9 Å². The summed E-state index contributed by atoms with van der Waals surface area (Å²) >= 11 is 0. The zero-order valence-corrected chi connectivity index (χ0v) is 10.9. The highest BCUT2D eigenvalue weighted by molar-refractivity contribution is 5.93. The predicted molar refractivity (Wildman–Crippen MR) is 67.6 cm³/mol. The SMILES string of the molecule is CCC(C)(CN)C(=O)Nc1nc(C)cc(C)n1. The van der Waals surface area contributed by atoms with Crippen LogP contribution in [0, 0.1) is 19.3 Å². The van der Waals surface area contributed by atoms with Crippen molar-refractivity contribution in [3.05, 3.63) is 17.5 Å². The first kappa shape index (κ1) is 13.6. The number of hydrogen-bond donors (Lipinski definition) is 2. The molecule has 0 bridgehead atoms. The smallest absolute Gasteiger partial charge is 0.233 e. The Balaban J connectivity index is 2.87. The van der Waals surface area contributed by atoms with E-state index in [-0.39, 0.29) is 5.91 Å². The molecular formula is C12H20N4O. The lowest BCUT2D eigenvalue weighted by molar-refractivity contribution is -0.124. The number of aromatic nitrogens is 2. The number of hydrogen-bond acceptors (Lipinski definition) is 4. The van der Waals surface area contributed by atoms with Crippen LogP contribution in [0.5, 0.6) is 0 Å². The minimum Gasteiger partial charge on any atom is -0.329 e. The second kappa shape index (κ2) is 5.23. The van der Waals surface area contributed by atoms with E-state index in [0.29, 0.717) is 18.9 Å². The molecule has 1 atom stereocenters. The third kappa shape index (κ3) is 3.23. The van der Waals surface area contributed by atoms with Crippen LogP contribution in [0.25, 0.3) is 0 Å². The maximum Gasteiger partial charge on any atom is 0.233 e. The molecule has 5 heteroatoms. The minimum atomic E-state index is -0.568. The largest absolute Gasteiger partial charge is 0.329 e. The van der Waals surface area contributed by atoms with Crippen molar-refractivity contribution in [3.63, 3.8) is 0 Å². The Morgan fingerprint density at radius 3 is 2.35 bits per heavy atom. The molecule has 0 fully saturated rings. The Morgan fingerprint density at radius 1 is 1.41 bits per heavy atom. The van der Waals surface area contributed by atoms with Crippen molar-refractivity contribution in [2.24, 2.45) is 11.1 Å². The molecule has 0 aliphatic heterocycles. The minimum absolute atomic E-state index is 0.132. The average Bonchev–Trinajstić information content (AvgIpc) is 2.26. The van der Waals surface area contributed by atoms with Crippen LogP contribution in [0.1, 0.15) is 31.7 Å². The van der Waals surface area contributed by atoms with Gasteiger partial charge in [0, 0.05) is 17.9 Å². The number of carbonyl (C=O) groups is 1. The molecule has 0 saturated carbocycles. The van der Waals surface area contributed by atoms with E-state index in [1.165, 1.54) is 0 Å². The number of aryl methyl sites for hydroxylation is 2. The lowest BCUT2D eigenvalue weighted by Crippen LogP contribution is -2.39. The molecule has 17 heavy (non-hydrogen) atoms. The Kier molecular flexibility index (Phi) is 4.17. The van der Waals surface area contributed by atoms with Gasteiger partial charge in [0.05, 0.1) is 5.41 Å². The Hall–Kier alpha value is -1.49.